The van der Waals surface area contributed by atoms with Crippen LogP contribution in [0.25, 0.3) is 0 Å². The van der Waals surface area contributed by atoms with E-state index in [0.717, 1.165) is 0 Å². The molecular weight excluding hydrogens is 138 g/mol. The molecule has 60 valence electrons. The number of aliphatic hydroxyl groups is 1. The van der Waals surface area contributed by atoms with Gasteiger partial charge in [0.25, 0.3) is 5.92 Å². The lowest BCUT2D eigenvalue weighted by Gasteiger charge is -2.46. The molecule has 0 amide bonds. The van der Waals surface area contributed by atoms with Crippen LogP contribution in [0.5, 0.6) is 0 Å². The first kappa shape index (κ1) is 7.92. The highest BCUT2D eigenvalue weighted by Gasteiger charge is 2.56. The molecule has 3 heteroatoms. The molecule has 10 heavy (non-hydrogen) atoms. The van der Waals surface area contributed by atoms with Gasteiger partial charge in [0.1, 0.15) is 0 Å². The van der Waals surface area contributed by atoms with Crippen molar-refractivity contribution < 1.29 is 13.9 Å². The first-order valence-electron chi connectivity index (χ1n) is 3.46. The summed E-state index contributed by atoms with van der Waals surface area (Å²) in [7, 11) is 0. The lowest BCUT2D eigenvalue weighted by Crippen LogP contribution is -2.54. The van der Waals surface area contributed by atoms with Crippen molar-refractivity contribution in [2.75, 3.05) is 0 Å². The fourth-order valence-electron chi connectivity index (χ4n) is 1.25. The van der Waals surface area contributed by atoms with Crippen molar-refractivity contribution in [1.29, 1.82) is 0 Å². The smallest absolute Gasteiger partial charge is 0.253 e. The van der Waals surface area contributed by atoms with Gasteiger partial charge in [0.15, 0.2) is 0 Å². The minimum atomic E-state index is -2.61. The second kappa shape index (κ2) is 1.91. The monoisotopic (exact) mass is 150 g/mol. The van der Waals surface area contributed by atoms with Gasteiger partial charge in [0.05, 0.1) is 5.60 Å². The molecule has 0 radical (unpaired) electrons. The minimum absolute atomic E-state index is 0.0628. The van der Waals surface area contributed by atoms with E-state index in [1.165, 1.54) is 0 Å². The molecule has 0 aromatic heterocycles. The van der Waals surface area contributed by atoms with Crippen molar-refractivity contribution in [3.8, 4) is 0 Å². The Kier molecular flexibility index (Phi) is 1.51. The summed E-state index contributed by atoms with van der Waals surface area (Å²) >= 11 is 0. The van der Waals surface area contributed by atoms with Gasteiger partial charge in [0, 0.05) is 12.8 Å². The predicted octanol–water partition coefficient (Wildman–Crippen LogP) is 1.80. The molecule has 0 unspecified atom stereocenters. The highest BCUT2D eigenvalue weighted by Crippen LogP contribution is 2.49. The maximum atomic E-state index is 12.2. The lowest BCUT2D eigenvalue weighted by atomic mass is 9.70. The third kappa shape index (κ3) is 1.15. The Hall–Kier alpha value is -0.180. The van der Waals surface area contributed by atoms with Gasteiger partial charge >= 0.3 is 0 Å². The number of hydrogen-bond donors (Lipinski definition) is 1. The quantitative estimate of drug-likeness (QED) is 0.604. The van der Waals surface area contributed by atoms with Crippen LogP contribution in [0.4, 0.5) is 8.78 Å². The summed E-state index contributed by atoms with van der Waals surface area (Å²) in [5, 5.41) is 9.34. The summed E-state index contributed by atoms with van der Waals surface area (Å²) in [6, 6.07) is 0. The second-order valence-electron chi connectivity index (χ2n) is 3.47. The molecule has 0 bridgehead atoms. The third-order valence-electron chi connectivity index (χ3n) is 2.20. The van der Waals surface area contributed by atoms with E-state index in [4.69, 9.17) is 0 Å². The number of halogens is 2. The van der Waals surface area contributed by atoms with E-state index in [1.54, 1.807) is 13.8 Å². The molecule has 0 aliphatic heterocycles. The molecule has 1 rings (SSSR count). The molecule has 1 N–H and O–H groups in total. The van der Waals surface area contributed by atoms with E-state index in [9.17, 15) is 13.9 Å². The maximum absolute atomic E-state index is 12.2. The molecule has 0 spiro atoms. The van der Waals surface area contributed by atoms with Gasteiger partial charge in [-0.3, -0.25) is 0 Å². The molecule has 1 saturated carbocycles. The Morgan fingerprint density at radius 2 is 1.70 bits per heavy atom. The van der Waals surface area contributed by atoms with E-state index >= 15 is 0 Å². The molecule has 0 saturated heterocycles. The van der Waals surface area contributed by atoms with Crippen LogP contribution in [-0.4, -0.2) is 16.6 Å². The maximum Gasteiger partial charge on any atom is 0.253 e. The van der Waals surface area contributed by atoms with Gasteiger partial charge in [-0.05, 0) is 5.92 Å². The zero-order valence-electron chi connectivity index (χ0n) is 6.19. The van der Waals surface area contributed by atoms with Gasteiger partial charge < -0.3 is 5.11 Å². The van der Waals surface area contributed by atoms with Gasteiger partial charge in [-0.15, -0.1) is 0 Å². The summed E-state index contributed by atoms with van der Waals surface area (Å²) < 4.78 is 24.5. The molecule has 1 nitrogen and oxygen atoms in total. The van der Waals surface area contributed by atoms with E-state index in [0.29, 0.717) is 0 Å². The molecule has 0 aromatic carbocycles. The first-order chi connectivity index (χ1) is 4.36. The van der Waals surface area contributed by atoms with Crippen LogP contribution in [0.1, 0.15) is 26.7 Å². The first-order valence-corrected chi connectivity index (χ1v) is 3.46. The standard InChI is InChI=1S/C7H12F2O/c1-5(2)6(10)3-7(8,9)4-6/h5,10H,3-4H2,1-2H3. The van der Waals surface area contributed by atoms with Gasteiger partial charge in [-0.25, -0.2) is 8.78 Å². The normalized spacial score (nSPS) is 28.2. The van der Waals surface area contributed by atoms with Gasteiger partial charge in [-0.1, -0.05) is 13.8 Å². The summed E-state index contributed by atoms with van der Waals surface area (Å²) in [4.78, 5) is 0. The molecule has 1 aliphatic rings. The Morgan fingerprint density at radius 3 is 1.80 bits per heavy atom. The number of rotatable bonds is 1. The second-order valence-corrected chi connectivity index (χ2v) is 3.47. The van der Waals surface area contributed by atoms with Crippen molar-refractivity contribution >= 4 is 0 Å². The molecule has 1 aliphatic carbocycles. The molecule has 0 atom stereocenters. The van der Waals surface area contributed by atoms with E-state index < -0.39 is 11.5 Å². The molecule has 1 fully saturated rings. The Balaban J connectivity index is 2.50. The van der Waals surface area contributed by atoms with Crippen molar-refractivity contribution in [3.05, 3.63) is 0 Å². The van der Waals surface area contributed by atoms with Crippen molar-refractivity contribution in [2.24, 2.45) is 5.92 Å². The van der Waals surface area contributed by atoms with Crippen LogP contribution in [0, 0.1) is 5.92 Å². The average Bonchev–Trinajstić information content (AvgIpc) is 1.59. The Labute approximate surface area is 59.0 Å². The topological polar surface area (TPSA) is 20.2 Å². The Morgan fingerprint density at radius 1 is 1.30 bits per heavy atom. The fraction of sp³-hybridized carbons (Fsp3) is 1.00. The lowest BCUT2D eigenvalue weighted by molar-refractivity contribution is -0.222. The highest BCUT2D eigenvalue weighted by atomic mass is 19.3. The largest absolute Gasteiger partial charge is 0.389 e. The third-order valence-corrected chi connectivity index (χ3v) is 2.20. The van der Waals surface area contributed by atoms with Crippen LogP contribution in [0.15, 0.2) is 0 Å². The van der Waals surface area contributed by atoms with Crippen LogP contribution < -0.4 is 0 Å². The van der Waals surface area contributed by atoms with Crippen molar-refractivity contribution in [1.82, 2.24) is 0 Å². The highest BCUT2D eigenvalue weighted by molar-refractivity contribution is 5.01. The molecular formula is C7H12F2O. The average molecular weight is 150 g/mol. The zero-order chi connectivity index (χ0) is 7.99. The predicted molar refractivity (Wildman–Crippen MR) is 34.0 cm³/mol. The van der Waals surface area contributed by atoms with Crippen molar-refractivity contribution in [2.45, 2.75) is 38.2 Å². The summed E-state index contributed by atoms with van der Waals surface area (Å²) in [6.45, 7) is 3.52. The van der Waals surface area contributed by atoms with E-state index in [-0.39, 0.29) is 18.8 Å². The van der Waals surface area contributed by atoms with Gasteiger partial charge in [-0.2, -0.15) is 0 Å². The minimum Gasteiger partial charge on any atom is -0.389 e. The van der Waals surface area contributed by atoms with Crippen LogP contribution >= 0.6 is 0 Å². The fourth-order valence-corrected chi connectivity index (χ4v) is 1.25. The molecule has 0 heterocycles. The van der Waals surface area contributed by atoms with Crippen molar-refractivity contribution in [3.63, 3.8) is 0 Å². The van der Waals surface area contributed by atoms with E-state index in [1.807, 2.05) is 0 Å². The number of hydrogen-bond acceptors (Lipinski definition) is 1. The number of alkyl halides is 2. The summed E-state index contributed by atoms with van der Waals surface area (Å²) in [5.41, 5.74) is -1.09. The van der Waals surface area contributed by atoms with Gasteiger partial charge in [0.2, 0.25) is 0 Å². The van der Waals surface area contributed by atoms with Crippen LogP contribution in [0.2, 0.25) is 0 Å². The van der Waals surface area contributed by atoms with Crippen LogP contribution in [0.3, 0.4) is 0 Å². The Bertz CT molecular complexity index is 135. The summed E-state index contributed by atoms with van der Waals surface area (Å²) in [5.74, 6) is -2.67. The zero-order valence-corrected chi connectivity index (χ0v) is 6.19. The summed E-state index contributed by atoms with van der Waals surface area (Å²) in [6.07, 6.45) is -0.727. The SMILES string of the molecule is CC(C)C1(O)CC(F)(F)C1. The van der Waals surface area contributed by atoms with E-state index in [2.05, 4.69) is 0 Å². The van der Waals surface area contributed by atoms with Crippen LogP contribution in [-0.2, 0) is 0 Å². The molecule has 0 aromatic rings.